The van der Waals surface area contributed by atoms with Crippen LogP contribution in [0.5, 0.6) is 0 Å². The molecule has 9 aromatic rings. The number of fused-ring (bicyclic) bond motifs is 8. The van der Waals surface area contributed by atoms with Crippen LogP contribution in [-0.2, 0) is 0 Å². The normalized spacial score (nSPS) is 12.9. The van der Waals surface area contributed by atoms with E-state index in [0.29, 0.717) is 0 Å². The number of benzene rings is 6. The van der Waals surface area contributed by atoms with E-state index in [1.54, 1.807) is 0 Å². The second-order valence-electron chi connectivity index (χ2n) is 13.0. The summed E-state index contributed by atoms with van der Waals surface area (Å²) in [7, 11) is 1.82. The number of aromatic nitrogens is 3. The third kappa shape index (κ3) is 4.35. The molecule has 5 nitrogen and oxygen atoms in total. The number of allylic oxidation sites excluding steroid dienone is 2. The van der Waals surface area contributed by atoms with Crippen LogP contribution in [0.15, 0.2) is 163 Å². The maximum Gasteiger partial charge on any atom is 0.0783 e. The molecule has 0 fully saturated rings. The number of rotatable bonds is 5. The summed E-state index contributed by atoms with van der Waals surface area (Å²) < 4.78 is 4.88. The Morgan fingerprint density at radius 2 is 1.29 bits per heavy atom. The van der Waals surface area contributed by atoms with Gasteiger partial charge in [0.05, 0.1) is 39.1 Å². The molecule has 0 bridgehead atoms. The number of hydrogen-bond donors (Lipinski definition) is 0. The van der Waals surface area contributed by atoms with Gasteiger partial charge < -0.3 is 14.0 Å². The zero-order chi connectivity index (χ0) is 34.1. The minimum Gasteiger partial charge on any atom is -0.309 e. The van der Waals surface area contributed by atoms with Gasteiger partial charge in [0, 0.05) is 64.1 Å². The molecule has 0 saturated heterocycles. The molecular formula is C46H33N5. The van der Waals surface area contributed by atoms with Crippen molar-refractivity contribution in [1.82, 2.24) is 14.1 Å². The number of pyridine rings is 1. The molecule has 0 aliphatic carbocycles. The summed E-state index contributed by atoms with van der Waals surface area (Å²) in [4.78, 5) is 11.3. The van der Waals surface area contributed by atoms with Gasteiger partial charge >= 0.3 is 0 Å². The van der Waals surface area contributed by atoms with Crippen molar-refractivity contribution in [2.75, 3.05) is 11.9 Å². The Bertz CT molecular complexity index is 2870. The fraction of sp³-hybridized carbons (Fsp3) is 0.0435. The van der Waals surface area contributed by atoms with Gasteiger partial charge in [-0.1, -0.05) is 72.8 Å². The van der Waals surface area contributed by atoms with E-state index >= 15 is 0 Å². The molecule has 0 unspecified atom stereocenters. The monoisotopic (exact) mass is 655 g/mol. The lowest BCUT2D eigenvalue weighted by atomic mass is 9.97. The average molecular weight is 656 g/mol. The minimum absolute atomic E-state index is 1.07. The highest BCUT2D eigenvalue weighted by Gasteiger charge is 2.29. The van der Waals surface area contributed by atoms with E-state index in [1.165, 1.54) is 43.6 Å². The Morgan fingerprint density at radius 1 is 0.569 bits per heavy atom. The van der Waals surface area contributed by atoms with Crippen molar-refractivity contribution in [3.05, 3.63) is 164 Å². The zero-order valence-electron chi connectivity index (χ0n) is 28.3. The van der Waals surface area contributed by atoms with Crippen molar-refractivity contribution < 1.29 is 0 Å². The summed E-state index contributed by atoms with van der Waals surface area (Å²) in [5.74, 6) is 0. The van der Waals surface area contributed by atoms with Crippen molar-refractivity contribution in [2.45, 2.75) is 6.92 Å². The van der Waals surface area contributed by atoms with Crippen molar-refractivity contribution in [3.8, 4) is 22.5 Å². The number of anilines is 3. The van der Waals surface area contributed by atoms with Crippen LogP contribution in [0.1, 0.15) is 12.5 Å². The lowest BCUT2D eigenvalue weighted by Crippen LogP contribution is -2.18. The smallest absolute Gasteiger partial charge is 0.0783 e. The molecule has 4 heterocycles. The number of nitrogens with zero attached hydrogens (tertiary/aromatic N) is 5. The maximum atomic E-state index is 4.46. The van der Waals surface area contributed by atoms with Crippen molar-refractivity contribution in [1.29, 1.82) is 0 Å². The first kappa shape index (κ1) is 29.2. The van der Waals surface area contributed by atoms with Gasteiger partial charge in [-0.15, -0.1) is 0 Å². The van der Waals surface area contributed by atoms with Gasteiger partial charge in [-0.2, -0.15) is 0 Å². The molecule has 51 heavy (non-hydrogen) atoms. The van der Waals surface area contributed by atoms with Gasteiger partial charge in [0.25, 0.3) is 0 Å². The van der Waals surface area contributed by atoms with Crippen molar-refractivity contribution in [2.24, 2.45) is 4.99 Å². The van der Waals surface area contributed by atoms with E-state index in [2.05, 4.69) is 170 Å². The highest BCUT2D eigenvalue weighted by atomic mass is 15.2. The molecule has 1 aliphatic heterocycles. The van der Waals surface area contributed by atoms with Crippen LogP contribution < -0.4 is 4.90 Å². The third-order valence-corrected chi connectivity index (χ3v) is 10.3. The molecule has 5 heteroatoms. The van der Waals surface area contributed by atoms with E-state index in [0.717, 1.165) is 50.7 Å². The van der Waals surface area contributed by atoms with E-state index in [1.807, 2.05) is 31.7 Å². The average Bonchev–Trinajstić information content (AvgIpc) is 3.69. The molecule has 3 aromatic heterocycles. The standard InChI is InChI=1S/C46H33N5/c1-3-30(28-47-2)32-23-33(31-13-12-22-48-29-31)25-35(24-32)50-41-19-9-10-20-42(41)51-45-26-38-36-16-7-8-18-40(36)49(34-14-5-4-6-15-34)44(38)27-39(45)37-17-11-21-43(50)46(37)51/h3-29H,1-2H3/b30-3+,47-28?. The molecule has 10 rings (SSSR count). The number of hydrogen-bond acceptors (Lipinski definition) is 3. The highest BCUT2D eigenvalue weighted by molar-refractivity contribution is 6.22. The molecule has 0 atom stereocenters. The van der Waals surface area contributed by atoms with Crippen molar-refractivity contribution in [3.63, 3.8) is 0 Å². The fourth-order valence-electron chi connectivity index (χ4n) is 8.11. The van der Waals surface area contributed by atoms with Crippen LogP contribution in [0.3, 0.4) is 0 Å². The van der Waals surface area contributed by atoms with Crippen LogP contribution in [0.4, 0.5) is 17.1 Å². The Kier molecular flexibility index (Phi) is 6.55. The second-order valence-corrected chi connectivity index (χ2v) is 13.0. The third-order valence-electron chi connectivity index (χ3n) is 10.3. The molecule has 0 spiro atoms. The first-order valence-electron chi connectivity index (χ1n) is 17.3. The van der Waals surface area contributed by atoms with Gasteiger partial charge in [-0.05, 0) is 96.4 Å². The predicted octanol–water partition coefficient (Wildman–Crippen LogP) is 11.8. The van der Waals surface area contributed by atoms with Crippen LogP contribution in [0, 0.1) is 0 Å². The molecular weight excluding hydrogens is 623 g/mol. The summed E-state index contributed by atoms with van der Waals surface area (Å²) in [5, 5.41) is 4.95. The molecule has 242 valence electrons. The molecule has 0 radical (unpaired) electrons. The Hall–Kier alpha value is -6.72. The van der Waals surface area contributed by atoms with Crippen LogP contribution in [0.2, 0.25) is 0 Å². The quantitative estimate of drug-likeness (QED) is 0.173. The Labute approximate surface area is 295 Å². The van der Waals surface area contributed by atoms with Gasteiger partial charge in [-0.3, -0.25) is 9.98 Å². The molecule has 0 saturated carbocycles. The van der Waals surface area contributed by atoms with Gasteiger partial charge in [0.2, 0.25) is 0 Å². The highest BCUT2D eigenvalue weighted by Crippen LogP contribution is 2.51. The summed E-state index contributed by atoms with van der Waals surface area (Å²) in [5.41, 5.74) is 14.8. The first-order chi connectivity index (χ1) is 25.2. The second kappa shape index (κ2) is 11.4. The largest absolute Gasteiger partial charge is 0.309 e. The number of aliphatic imine (C=N–C) groups is 1. The topological polar surface area (TPSA) is 38.4 Å². The molecule has 6 aromatic carbocycles. The lowest BCUT2D eigenvalue weighted by Gasteiger charge is -2.33. The van der Waals surface area contributed by atoms with Gasteiger partial charge in [-0.25, -0.2) is 0 Å². The van der Waals surface area contributed by atoms with Crippen LogP contribution in [0.25, 0.3) is 71.7 Å². The van der Waals surface area contributed by atoms with Crippen LogP contribution in [-0.4, -0.2) is 27.4 Å². The fourth-order valence-corrected chi connectivity index (χ4v) is 8.11. The SMILES string of the molecule is C/C=C(\C=NC)c1cc(-c2cccnc2)cc(N2c3ccccc3-n3c4cc5c6ccccc6n(-c6ccccc6)c5cc4c4cccc2c43)c1. The lowest BCUT2D eigenvalue weighted by molar-refractivity contribution is 1.11. The molecule has 0 N–H and O–H groups in total. The number of para-hydroxylation sites is 5. The van der Waals surface area contributed by atoms with Gasteiger partial charge in [0.1, 0.15) is 0 Å². The van der Waals surface area contributed by atoms with E-state index < -0.39 is 0 Å². The minimum atomic E-state index is 1.07. The van der Waals surface area contributed by atoms with Gasteiger partial charge in [0.15, 0.2) is 0 Å². The zero-order valence-corrected chi connectivity index (χ0v) is 28.3. The van der Waals surface area contributed by atoms with E-state index in [9.17, 15) is 0 Å². The summed E-state index contributed by atoms with van der Waals surface area (Å²) in [6.07, 6.45) is 7.82. The molecule has 0 amide bonds. The van der Waals surface area contributed by atoms with Crippen LogP contribution >= 0.6 is 0 Å². The molecule has 1 aliphatic rings. The Balaban J connectivity index is 1.29. The predicted molar refractivity (Wildman–Crippen MR) is 215 cm³/mol. The maximum absolute atomic E-state index is 4.46. The summed E-state index contributed by atoms with van der Waals surface area (Å²) in [6.45, 7) is 2.07. The first-order valence-corrected chi connectivity index (χ1v) is 17.3. The van der Waals surface area contributed by atoms with E-state index in [4.69, 9.17) is 0 Å². The van der Waals surface area contributed by atoms with E-state index in [-0.39, 0.29) is 0 Å². The van der Waals surface area contributed by atoms with Crippen molar-refractivity contribution >= 4 is 72.5 Å². The summed E-state index contributed by atoms with van der Waals surface area (Å²) >= 11 is 0. The Morgan fingerprint density at radius 3 is 2.10 bits per heavy atom. The summed E-state index contributed by atoms with van der Waals surface area (Å²) in [6, 6.07) is 50.7.